The molecule has 30 heavy (non-hydrogen) atoms. The molecule has 2 aromatic rings. The van der Waals surface area contributed by atoms with Gasteiger partial charge >= 0.3 is 0 Å². The first-order valence-corrected chi connectivity index (χ1v) is 11.4. The number of hydrogen-bond donors (Lipinski definition) is 2. The van der Waals surface area contributed by atoms with Gasteiger partial charge in [0.1, 0.15) is 0 Å². The van der Waals surface area contributed by atoms with Crippen LogP contribution in [0.25, 0.3) is 0 Å². The Bertz CT molecular complexity index is 1020. The normalized spacial score (nSPS) is 16.0. The highest BCUT2D eigenvalue weighted by atomic mass is 32.2. The van der Waals surface area contributed by atoms with Gasteiger partial charge in [0.15, 0.2) is 0 Å². The van der Waals surface area contributed by atoms with Crippen molar-refractivity contribution in [1.82, 2.24) is 10.0 Å². The summed E-state index contributed by atoms with van der Waals surface area (Å²) >= 11 is 0. The molecule has 2 N–H and O–H groups in total. The Balaban J connectivity index is 1.51. The summed E-state index contributed by atoms with van der Waals surface area (Å²) in [4.78, 5) is 14.9. The first-order chi connectivity index (χ1) is 14.3. The van der Waals surface area contributed by atoms with Crippen molar-refractivity contribution in [2.75, 3.05) is 18.0 Å². The van der Waals surface area contributed by atoms with Gasteiger partial charge in [0.2, 0.25) is 15.9 Å². The number of benzene rings is 2. The molecule has 1 aliphatic heterocycles. The van der Waals surface area contributed by atoms with Gasteiger partial charge in [-0.3, -0.25) is 4.79 Å². The van der Waals surface area contributed by atoms with Crippen LogP contribution in [0.1, 0.15) is 30.9 Å². The molecular formula is C22H26N4O3S. The molecule has 3 rings (SSSR count). The van der Waals surface area contributed by atoms with E-state index in [1.54, 1.807) is 31.2 Å². The van der Waals surface area contributed by atoms with E-state index in [0.717, 1.165) is 37.2 Å². The molecule has 0 bridgehead atoms. The second-order valence-electron chi connectivity index (χ2n) is 7.58. The second-order valence-corrected chi connectivity index (χ2v) is 9.30. The fraction of sp³-hybridized carbons (Fsp3) is 0.364. The average Bonchev–Trinajstić information content (AvgIpc) is 2.74. The van der Waals surface area contributed by atoms with Crippen LogP contribution < -0.4 is 14.9 Å². The van der Waals surface area contributed by atoms with E-state index < -0.39 is 16.1 Å². The minimum atomic E-state index is -3.75. The van der Waals surface area contributed by atoms with Gasteiger partial charge in [-0.25, -0.2) is 8.42 Å². The number of carbonyl (C=O) groups excluding carboxylic acids is 1. The fourth-order valence-electron chi connectivity index (χ4n) is 3.43. The van der Waals surface area contributed by atoms with Crippen LogP contribution in [0.4, 0.5) is 5.69 Å². The number of sulfonamides is 1. The molecule has 0 saturated carbocycles. The number of carbonyl (C=O) groups is 1. The molecule has 8 heteroatoms. The lowest BCUT2D eigenvalue weighted by molar-refractivity contribution is -0.123. The smallest absolute Gasteiger partial charge is 0.241 e. The molecule has 0 unspecified atom stereocenters. The van der Waals surface area contributed by atoms with Crippen molar-refractivity contribution in [3.63, 3.8) is 0 Å². The highest BCUT2D eigenvalue weighted by molar-refractivity contribution is 7.89. The van der Waals surface area contributed by atoms with E-state index in [4.69, 9.17) is 5.26 Å². The van der Waals surface area contributed by atoms with Crippen LogP contribution in [0.3, 0.4) is 0 Å². The molecule has 0 spiro atoms. The number of anilines is 1. The molecule has 158 valence electrons. The van der Waals surface area contributed by atoms with Crippen molar-refractivity contribution in [3.8, 4) is 6.07 Å². The maximum atomic E-state index is 12.5. The van der Waals surface area contributed by atoms with Crippen LogP contribution in [0.2, 0.25) is 0 Å². The Morgan fingerprint density at radius 2 is 1.70 bits per heavy atom. The Kier molecular flexibility index (Phi) is 6.75. The van der Waals surface area contributed by atoms with Crippen molar-refractivity contribution in [3.05, 3.63) is 59.7 Å². The summed E-state index contributed by atoms with van der Waals surface area (Å²) in [5.74, 6) is -0.331. The van der Waals surface area contributed by atoms with Gasteiger partial charge in [-0.2, -0.15) is 9.98 Å². The molecule has 1 heterocycles. The minimum absolute atomic E-state index is 0.00143. The molecule has 1 amide bonds. The third-order valence-corrected chi connectivity index (χ3v) is 6.82. The molecule has 1 fully saturated rings. The summed E-state index contributed by atoms with van der Waals surface area (Å²) < 4.78 is 27.4. The van der Waals surface area contributed by atoms with Crippen LogP contribution >= 0.6 is 0 Å². The number of hydrogen-bond acceptors (Lipinski definition) is 5. The van der Waals surface area contributed by atoms with Gasteiger partial charge in [0.05, 0.1) is 22.6 Å². The summed E-state index contributed by atoms with van der Waals surface area (Å²) in [7, 11) is -3.75. The van der Waals surface area contributed by atoms with Crippen LogP contribution in [-0.2, 0) is 14.8 Å². The van der Waals surface area contributed by atoms with Crippen molar-refractivity contribution in [1.29, 1.82) is 5.26 Å². The highest BCUT2D eigenvalue weighted by Gasteiger charge is 2.26. The molecule has 1 atom stereocenters. The van der Waals surface area contributed by atoms with Crippen LogP contribution in [0.15, 0.2) is 53.4 Å². The molecule has 7 nitrogen and oxygen atoms in total. The lowest BCUT2D eigenvalue weighted by Gasteiger charge is -2.34. The van der Waals surface area contributed by atoms with E-state index in [1.165, 1.54) is 12.1 Å². The molecule has 0 radical (unpaired) electrons. The molecule has 1 saturated heterocycles. The first-order valence-electron chi connectivity index (χ1n) is 9.93. The van der Waals surface area contributed by atoms with E-state index in [2.05, 4.69) is 21.0 Å². The van der Waals surface area contributed by atoms with Gasteiger partial charge < -0.3 is 10.2 Å². The highest BCUT2D eigenvalue weighted by Crippen LogP contribution is 2.20. The number of aryl methyl sites for hydroxylation is 1. The largest absolute Gasteiger partial charge is 0.371 e. The Hall–Kier alpha value is -2.89. The number of amides is 1. The number of piperidine rings is 1. The molecule has 1 aliphatic rings. The van der Waals surface area contributed by atoms with E-state index in [9.17, 15) is 13.2 Å². The van der Waals surface area contributed by atoms with Crippen molar-refractivity contribution in [2.24, 2.45) is 0 Å². The number of nitriles is 1. The fourth-order valence-corrected chi connectivity index (χ4v) is 4.63. The maximum absolute atomic E-state index is 12.5. The van der Waals surface area contributed by atoms with Gasteiger partial charge in [-0.1, -0.05) is 17.7 Å². The zero-order valence-electron chi connectivity index (χ0n) is 17.1. The zero-order valence-corrected chi connectivity index (χ0v) is 17.9. The standard InChI is InChI=1S/C22H26N4O3S/c1-16-3-9-21(10-4-16)30(28,29)25-17(2)22(27)24-19-11-13-26(14-12-19)20-7-5-18(15-23)6-8-20/h3-10,17,19,25H,11-14H2,1-2H3,(H,24,27)/t17-/m0/s1. The predicted octanol–water partition coefficient (Wildman–Crippen LogP) is 2.32. The van der Waals surface area contributed by atoms with E-state index in [1.807, 2.05) is 19.1 Å². The molecular weight excluding hydrogens is 400 g/mol. The predicted molar refractivity (Wildman–Crippen MR) is 115 cm³/mol. The lowest BCUT2D eigenvalue weighted by atomic mass is 10.0. The number of rotatable bonds is 6. The third-order valence-electron chi connectivity index (χ3n) is 5.26. The second kappa shape index (κ2) is 9.28. The Morgan fingerprint density at radius 3 is 2.27 bits per heavy atom. The van der Waals surface area contributed by atoms with Crippen LogP contribution in [0.5, 0.6) is 0 Å². The summed E-state index contributed by atoms with van der Waals surface area (Å²) in [6.45, 7) is 4.99. The summed E-state index contributed by atoms with van der Waals surface area (Å²) in [5.41, 5.74) is 2.65. The van der Waals surface area contributed by atoms with Gasteiger partial charge in [-0.05, 0) is 63.1 Å². The van der Waals surface area contributed by atoms with Crippen molar-refractivity contribution < 1.29 is 13.2 Å². The molecule has 0 aromatic heterocycles. The van der Waals surface area contributed by atoms with Crippen molar-refractivity contribution >= 4 is 21.6 Å². The van der Waals surface area contributed by atoms with Gasteiger partial charge in [0.25, 0.3) is 0 Å². The van der Waals surface area contributed by atoms with E-state index in [-0.39, 0.29) is 16.8 Å². The Labute approximate surface area is 177 Å². The quantitative estimate of drug-likeness (QED) is 0.738. The van der Waals surface area contributed by atoms with Crippen molar-refractivity contribution in [2.45, 2.75) is 43.7 Å². The van der Waals surface area contributed by atoms with Gasteiger partial charge in [0, 0.05) is 24.8 Å². The average molecular weight is 427 g/mol. The van der Waals surface area contributed by atoms with Crippen LogP contribution in [0, 0.1) is 18.3 Å². The van der Waals surface area contributed by atoms with E-state index in [0.29, 0.717) is 5.56 Å². The third kappa shape index (κ3) is 5.38. The van der Waals surface area contributed by atoms with E-state index >= 15 is 0 Å². The molecule has 0 aliphatic carbocycles. The Morgan fingerprint density at radius 1 is 1.10 bits per heavy atom. The first kappa shape index (κ1) is 21.8. The summed E-state index contributed by atoms with van der Waals surface area (Å²) in [6.07, 6.45) is 1.53. The minimum Gasteiger partial charge on any atom is -0.371 e. The topological polar surface area (TPSA) is 102 Å². The number of nitrogens with zero attached hydrogens (tertiary/aromatic N) is 2. The van der Waals surface area contributed by atoms with Crippen LogP contribution in [-0.4, -0.2) is 39.5 Å². The molecule has 2 aromatic carbocycles. The summed E-state index contributed by atoms with van der Waals surface area (Å²) in [6, 6.07) is 15.2. The summed E-state index contributed by atoms with van der Waals surface area (Å²) in [5, 5.41) is 11.9. The maximum Gasteiger partial charge on any atom is 0.241 e. The zero-order chi connectivity index (χ0) is 21.7. The monoisotopic (exact) mass is 426 g/mol. The van der Waals surface area contributed by atoms with Gasteiger partial charge in [-0.15, -0.1) is 0 Å². The SMILES string of the molecule is Cc1ccc(S(=O)(=O)N[C@@H](C)C(=O)NC2CCN(c3ccc(C#N)cc3)CC2)cc1. The number of nitrogens with one attached hydrogen (secondary N) is 2. The lowest BCUT2D eigenvalue weighted by Crippen LogP contribution is -2.51.